The predicted molar refractivity (Wildman–Crippen MR) is 79.8 cm³/mol. The smallest absolute Gasteiger partial charge is 0.208 e. The molecule has 0 atom stereocenters. The molecule has 0 bridgehead atoms. The Kier molecular flexibility index (Phi) is 4.01. The minimum absolute atomic E-state index is 0.383. The molecule has 21 heavy (non-hydrogen) atoms. The summed E-state index contributed by atoms with van der Waals surface area (Å²) in [6, 6.07) is 0. The highest BCUT2D eigenvalue weighted by Crippen LogP contribution is 2.20. The summed E-state index contributed by atoms with van der Waals surface area (Å²) in [5.41, 5.74) is 2.43. The maximum atomic E-state index is 5.80. The zero-order valence-electron chi connectivity index (χ0n) is 13.0. The number of aryl methyl sites for hydroxylation is 1. The zero-order chi connectivity index (χ0) is 14.8. The number of oxazole rings is 1. The molecule has 0 amide bonds. The van der Waals surface area contributed by atoms with Crippen molar-refractivity contribution in [3.63, 3.8) is 0 Å². The third-order valence-electron chi connectivity index (χ3n) is 3.89. The van der Waals surface area contributed by atoms with Crippen LogP contribution in [0.2, 0.25) is 0 Å². The Morgan fingerprint density at radius 2 is 2.14 bits per heavy atom. The molecule has 0 saturated carbocycles. The van der Waals surface area contributed by atoms with Gasteiger partial charge in [-0.25, -0.2) is 15.0 Å². The standard InChI is InChI=1S/C16H22N4O/c1-4-15-17-7-12-5-6-20(9-13(12)19-15)10-16-18-8-14(21-16)11(2)3/h7-8,11H,4-6,9-10H2,1-3H3. The number of nitrogens with zero attached hydrogens (tertiary/aromatic N) is 4. The summed E-state index contributed by atoms with van der Waals surface area (Å²) in [6.45, 7) is 8.92. The summed E-state index contributed by atoms with van der Waals surface area (Å²) in [7, 11) is 0. The van der Waals surface area contributed by atoms with Gasteiger partial charge < -0.3 is 4.42 Å². The molecule has 3 rings (SSSR count). The normalized spacial score (nSPS) is 15.4. The van der Waals surface area contributed by atoms with Gasteiger partial charge in [-0.05, 0) is 12.0 Å². The highest BCUT2D eigenvalue weighted by atomic mass is 16.4. The van der Waals surface area contributed by atoms with E-state index in [1.54, 1.807) is 0 Å². The Bertz CT molecular complexity index is 620. The highest BCUT2D eigenvalue weighted by Gasteiger charge is 2.20. The molecule has 0 radical (unpaired) electrons. The lowest BCUT2D eigenvalue weighted by Crippen LogP contribution is -2.31. The first-order valence-electron chi connectivity index (χ1n) is 7.66. The van der Waals surface area contributed by atoms with Gasteiger partial charge in [-0.1, -0.05) is 20.8 Å². The van der Waals surface area contributed by atoms with Crippen molar-refractivity contribution in [2.75, 3.05) is 6.54 Å². The Morgan fingerprint density at radius 3 is 2.86 bits per heavy atom. The van der Waals surface area contributed by atoms with Crippen molar-refractivity contribution in [1.29, 1.82) is 0 Å². The van der Waals surface area contributed by atoms with Gasteiger partial charge >= 0.3 is 0 Å². The molecule has 0 unspecified atom stereocenters. The molecule has 5 nitrogen and oxygen atoms in total. The van der Waals surface area contributed by atoms with E-state index in [1.165, 1.54) is 5.56 Å². The molecule has 0 N–H and O–H groups in total. The van der Waals surface area contributed by atoms with Crippen molar-refractivity contribution in [3.8, 4) is 0 Å². The van der Waals surface area contributed by atoms with Gasteiger partial charge in [-0.2, -0.15) is 0 Å². The fourth-order valence-electron chi connectivity index (χ4n) is 2.56. The minimum atomic E-state index is 0.383. The second kappa shape index (κ2) is 5.93. The monoisotopic (exact) mass is 286 g/mol. The van der Waals surface area contributed by atoms with Gasteiger partial charge in [0, 0.05) is 31.6 Å². The first kappa shape index (κ1) is 14.2. The van der Waals surface area contributed by atoms with Gasteiger partial charge in [-0.3, -0.25) is 4.90 Å². The van der Waals surface area contributed by atoms with E-state index in [0.717, 1.165) is 55.6 Å². The van der Waals surface area contributed by atoms with Crippen LogP contribution in [0.15, 0.2) is 16.8 Å². The van der Waals surface area contributed by atoms with Gasteiger partial charge in [0.2, 0.25) is 5.89 Å². The summed E-state index contributed by atoms with van der Waals surface area (Å²) in [5, 5.41) is 0. The number of hydrogen-bond acceptors (Lipinski definition) is 5. The lowest BCUT2D eigenvalue weighted by Gasteiger charge is -2.26. The van der Waals surface area contributed by atoms with E-state index in [0.29, 0.717) is 5.92 Å². The summed E-state index contributed by atoms with van der Waals surface area (Å²) < 4.78 is 5.80. The molecular formula is C16H22N4O. The van der Waals surface area contributed by atoms with Crippen molar-refractivity contribution in [2.24, 2.45) is 0 Å². The predicted octanol–water partition coefficient (Wildman–Crippen LogP) is 2.71. The summed E-state index contributed by atoms with van der Waals surface area (Å²) >= 11 is 0. The van der Waals surface area contributed by atoms with Gasteiger partial charge in [0.15, 0.2) is 0 Å². The van der Waals surface area contributed by atoms with Crippen LogP contribution in [0.5, 0.6) is 0 Å². The van der Waals surface area contributed by atoms with E-state index < -0.39 is 0 Å². The van der Waals surface area contributed by atoms with Crippen molar-refractivity contribution in [1.82, 2.24) is 19.9 Å². The minimum Gasteiger partial charge on any atom is -0.444 e. The van der Waals surface area contributed by atoms with E-state index in [-0.39, 0.29) is 0 Å². The average Bonchev–Trinajstić information content (AvgIpc) is 2.95. The topological polar surface area (TPSA) is 55.1 Å². The first-order chi connectivity index (χ1) is 10.2. The van der Waals surface area contributed by atoms with E-state index in [1.807, 2.05) is 12.4 Å². The van der Waals surface area contributed by atoms with Crippen LogP contribution in [0.1, 0.15) is 55.4 Å². The number of aromatic nitrogens is 3. The third-order valence-corrected chi connectivity index (χ3v) is 3.89. The Hall–Kier alpha value is -1.75. The van der Waals surface area contributed by atoms with Crippen LogP contribution < -0.4 is 0 Å². The maximum Gasteiger partial charge on any atom is 0.208 e. The SMILES string of the molecule is CCc1ncc2c(n1)CN(Cc1ncc(C(C)C)o1)CC2. The molecule has 0 spiro atoms. The lowest BCUT2D eigenvalue weighted by atomic mass is 10.1. The third kappa shape index (κ3) is 3.13. The van der Waals surface area contributed by atoms with E-state index in [9.17, 15) is 0 Å². The van der Waals surface area contributed by atoms with Crippen LogP contribution in [0.4, 0.5) is 0 Å². The lowest BCUT2D eigenvalue weighted by molar-refractivity contribution is 0.214. The van der Waals surface area contributed by atoms with Crippen LogP contribution >= 0.6 is 0 Å². The summed E-state index contributed by atoms with van der Waals surface area (Å²) in [4.78, 5) is 15.8. The molecule has 1 aliphatic rings. The summed E-state index contributed by atoms with van der Waals surface area (Å²) in [5.74, 6) is 3.06. The fraction of sp³-hybridized carbons (Fsp3) is 0.562. The largest absolute Gasteiger partial charge is 0.444 e. The van der Waals surface area contributed by atoms with E-state index in [4.69, 9.17) is 4.42 Å². The van der Waals surface area contributed by atoms with E-state index >= 15 is 0 Å². The quantitative estimate of drug-likeness (QED) is 0.865. The van der Waals surface area contributed by atoms with Crippen molar-refractivity contribution in [2.45, 2.75) is 52.6 Å². The molecule has 5 heteroatoms. The number of fused-ring (bicyclic) bond motifs is 1. The molecule has 112 valence electrons. The molecule has 0 saturated heterocycles. The number of rotatable bonds is 4. The second-order valence-corrected chi connectivity index (χ2v) is 5.88. The maximum absolute atomic E-state index is 5.80. The first-order valence-corrected chi connectivity index (χ1v) is 7.66. The van der Waals surface area contributed by atoms with Crippen molar-refractivity contribution in [3.05, 3.63) is 41.1 Å². The van der Waals surface area contributed by atoms with Crippen LogP contribution in [0, 0.1) is 0 Å². The molecule has 2 aromatic rings. The highest BCUT2D eigenvalue weighted by molar-refractivity contribution is 5.20. The van der Waals surface area contributed by atoms with Gasteiger partial charge in [0.05, 0.1) is 18.4 Å². The second-order valence-electron chi connectivity index (χ2n) is 5.88. The van der Waals surface area contributed by atoms with Gasteiger partial charge in [0.25, 0.3) is 0 Å². The zero-order valence-corrected chi connectivity index (χ0v) is 13.0. The van der Waals surface area contributed by atoms with Gasteiger partial charge in [0.1, 0.15) is 11.6 Å². The van der Waals surface area contributed by atoms with E-state index in [2.05, 4.69) is 40.6 Å². The molecule has 2 aromatic heterocycles. The van der Waals surface area contributed by atoms with Crippen LogP contribution in [-0.4, -0.2) is 26.4 Å². The molecule has 1 aliphatic heterocycles. The Balaban J connectivity index is 1.70. The van der Waals surface area contributed by atoms with Crippen molar-refractivity contribution >= 4 is 0 Å². The van der Waals surface area contributed by atoms with Crippen LogP contribution in [-0.2, 0) is 25.9 Å². The molecule has 0 aromatic carbocycles. The molecule has 0 aliphatic carbocycles. The van der Waals surface area contributed by atoms with Crippen molar-refractivity contribution < 1.29 is 4.42 Å². The molecular weight excluding hydrogens is 264 g/mol. The Labute approximate surface area is 125 Å². The molecule has 3 heterocycles. The summed E-state index contributed by atoms with van der Waals surface area (Å²) in [6.07, 6.45) is 5.71. The average molecular weight is 286 g/mol. The molecule has 0 fully saturated rings. The van der Waals surface area contributed by atoms with Crippen LogP contribution in [0.25, 0.3) is 0 Å². The number of hydrogen-bond donors (Lipinski definition) is 0. The van der Waals surface area contributed by atoms with Gasteiger partial charge in [-0.15, -0.1) is 0 Å². The van der Waals surface area contributed by atoms with Crippen LogP contribution in [0.3, 0.4) is 0 Å². The fourth-order valence-corrected chi connectivity index (χ4v) is 2.56. The Morgan fingerprint density at radius 1 is 1.29 bits per heavy atom.